The molecular weight excluding hydrogens is 284 g/mol. The van der Waals surface area contributed by atoms with Gasteiger partial charge in [0.25, 0.3) is 5.56 Å². The topological polar surface area (TPSA) is 43.6 Å². The van der Waals surface area contributed by atoms with Crippen LogP contribution in [0.4, 0.5) is 0 Å². The first kappa shape index (κ1) is 13.8. The third-order valence-corrected chi connectivity index (χ3v) is 4.28. The van der Waals surface area contributed by atoms with Crippen LogP contribution in [0, 0.1) is 20.8 Å². The maximum Gasteiger partial charge on any atom is 0.259 e. The third-order valence-electron chi connectivity index (χ3n) is 3.33. The van der Waals surface area contributed by atoms with Crippen molar-refractivity contribution in [3.63, 3.8) is 0 Å². The molecule has 3 aromatic rings. The summed E-state index contributed by atoms with van der Waals surface area (Å²) in [5, 5.41) is 1.93. The predicted octanol–water partition coefficient (Wildman–Crippen LogP) is 3.26. The Kier molecular flexibility index (Phi) is 3.51. The first-order valence-electron chi connectivity index (χ1n) is 6.71. The van der Waals surface area contributed by atoms with Crippen LogP contribution in [0.5, 0.6) is 5.75 Å². The molecule has 2 heterocycles. The van der Waals surface area contributed by atoms with E-state index in [9.17, 15) is 4.79 Å². The summed E-state index contributed by atoms with van der Waals surface area (Å²) in [5.41, 5.74) is 3.79. The lowest BCUT2D eigenvalue weighted by Crippen LogP contribution is -2.16. The van der Waals surface area contributed by atoms with Crippen LogP contribution in [-0.4, -0.2) is 9.38 Å². The van der Waals surface area contributed by atoms with Gasteiger partial charge in [0, 0.05) is 17.1 Å². The maximum absolute atomic E-state index is 12.1. The molecule has 5 heteroatoms. The third kappa shape index (κ3) is 2.69. The van der Waals surface area contributed by atoms with Gasteiger partial charge in [-0.2, -0.15) is 0 Å². The average Bonchev–Trinajstić information content (AvgIpc) is 2.80. The summed E-state index contributed by atoms with van der Waals surface area (Å²) in [6.07, 6.45) is 0. The van der Waals surface area contributed by atoms with Gasteiger partial charge in [0.1, 0.15) is 12.4 Å². The lowest BCUT2D eigenvalue weighted by atomic mass is 10.1. The van der Waals surface area contributed by atoms with Crippen LogP contribution in [-0.2, 0) is 6.61 Å². The Balaban J connectivity index is 1.87. The van der Waals surface area contributed by atoms with E-state index < -0.39 is 0 Å². The fourth-order valence-corrected chi connectivity index (χ4v) is 3.18. The number of nitrogens with zero attached hydrogens (tertiary/aromatic N) is 2. The number of aromatic nitrogens is 2. The van der Waals surface area contributed by atoms with Gasteiger partial charge in [-0.05, 0) is 32.4 Å². The van der Waals surface area contributed by atoms with Crippen LogP contribution in [0.1, 0.15) is 22.5 Å². The highest BCUT2D eigenvalue weighted by Crippen LogP contribution is 2.20. The van der Waals surface area contributed by atoms with Gasteiger partial charge in [0.2, 0.25) is 0 Å². The summed E-state index contributed by atoms with van der Waals surface area (Å²) < 4.78 is 7.40. The molecule has 0 aliphatic carbocycles. The maximum atomic E-state index is 12.1. The summed E-state index contributed by atoms with van der Waals surface area (Å²) >= 11 is 1.47. The highest BCUT2D eigenvalue weighted by Gasteiger charge is 2.07. The zero-order valence-electron chi connectivity index (χ0n) is 12.2. The zero-order valence-corrected chi connectivity index (χ0v) is 13.0. The lowest BCUT2D eigenvalue weighted by Gasteiger charge is -2.09. The van der Waals surface area contributed by atoms with Crippen molar-refractivity contribution in [1.82, 2.24) is 9.38 Å². The van der Waals surface area contributed by atoms with Crippen molar-refractivity contribution < 1.29 is 4.74 Å². The van der Waals surface area contributed by atoms with Crippen molar-refractivity contribution in [2.24, 2.45) is 0 Å². The number of benzene rings is 1. The molecule has 1 aromatic carbocycles. The molecule has 0 amide bonds. The van der Waals surface area contributed by atoms with E-state index in [4.69, 9.17) is 4.74 Å². The van der Waals surface area contributed by atoms with Gasteiger partial charge in [-0.15, -0.1) is 11.3 Å². The fourth-order valence-electron chi connectivity index (χ4n) is 2.29. The van der Waals surface area contributed by atoms with E-state index in [1.54, 1.807) is 4.40 Å². The molecule has 0 atom stereocenters. The predicted molar refractivity (Wildman–Crippen MR) is 84.3 cm³/mol. The van der Waals surface area contributed by atoms with Crippen molar-refractivity contribution in [3.05, 3.63) is 62.5 Å². The van der Waals surface area contributed by atoms with Gasteiger partial charge in [-0.3, -0.25) is 9.20 Å². The second-order valence-corrected chi connectivity index (χ2v) is 5.97. The van der Waals surface area contributed by atoms with E-state index in [1.807, 2.05) is 38.3 Å². The van der Waals surface area contributed by atoms with E-state index in [2.05, 4.69) is 11.1 Å². The monoisotopic (exact) mass is 300 g/mol. The lowest BCUT2D eigenvalue weighted by molar-refractivity contribution is 0.299. The first-order chi connectivity index (χ1) is 10.0. The van der Waals surface area contributed by atoms with Crippen LogP contribution in [0.25, 0.3) is 4.96 Å². The first-order valence-corrected chi connectivity index (χ1v) is 7.59. The van der Waals surface area contributed by atoms with Crippen molar-refractivity contribution in [2.75, 3.05) is 0 Å². The second-order valence-electron chi connectivity index (χ2n) is 5.14. The molecule has 0 aliphatic heterocycles. The van der Waals surface area contributed by atoms with Crippen LogP contribution < -0.4 is 10.3 Å². The molecule has 0 unspecified atom stereocenters. The minimum absolute atomic E-state index is 0.0574. The molecule has 0 N–H and O–H groups in total. The van der Waals surface area contributed by atoms with Gasteiger partial charge in [0.05, 0.1) is 5.69 Å². The molecule has 0 fully saturated rings. The standard InChI is InChI=1S/C16H16N2O2S/c1-10-4-5-14(11(2)6-10)20-8-13-7-15(19)18-12(3)9-21-16(18)17-13/h4-7,9H,8H2,1-3H3. The van der Waals surface area contributed by atoms with Crippen molar-refractivity contribution in [2.45, 2.75) is 27.4 Å². The fraction of sp³-hybridized carbons (Fsp3) is 0.250. The average molecular weight is 300 g/mol. The highest BCUT2D eigenvalue weighted by molar-refractivity contribution is 7.15. The summed E-state index contributed by atoms with van der Waals surface area (Å²) in [4.78, 5) is 17.3. The van der Waals surface area contributed by atoms with Gasteiger partial charge >= 0.3 is 0 Å². The van der Waals surface area contributed by atoms with Gasteiger partial charge in [0.15, 0.2) is 4.96 Å². The normalized spacial score (nSPS) is 11.0. The summed E-state index contributed by atoms with van der Waals surface area (Å²) in [6, 6.07) is 7.57. The number of ether oxygens (including phenoxy) is 1. The number of fused-ring (bicyclic) bond motifs is 1. The smallest absolute Gasteiger partial charge is 0.259 e. The summed E-state index contributed by atoms with van der Waals surface area (Å²) in [6.45, 7) is 6.26. The van der Waals surface area contributed by atoms with Gasteiger partial charge in [-0.25, -0.2) is 4.98 Å². The quantitative estimate of drug-likeness (QED) is 0.745. The molecule has 0 bridgehead atoms. The molecular formula is C16H16N2O2S. The Hall–Kier alpha value is -2.14. The van der Waals surface area contributed by atoms with Crippen molar-refractivity contribution in [1.29, 1.82) is 0 Å². The molecule has 108 valence electrons. The molecule has 0 saturated carbocycles. The van der Waals surface area contributed by atoms with Crippen LogP contribution >= 0.6 is 11.3 Å². The zero-order chi connectivity index (χ0) is 15.0. The van der Waals surface area contributed by atoms with Gasteiger partial charge in [-0.1, -0.05) is 17.7 Å². The second kappa shape index (κ2) is 5.33. The molecule has 0 aliphatic rings. The Morgan fingerprint density at radius 3 is 2.81 bits per heavy atom. The molecule has 3 rings (SSSR count). The molecule has 0 saturated heterocycles. The Bertz CT molecular complexity index is 864. The Labute approximate surface area is 126 Å². The summed E-state index contributed by atoms with van der Waals surface area (Å²) in [7, 11) is 0. The molecule has 2 aromatic heterocycles. The largest absolute Gasteiger partial charge is 0.487 e. The number of aryl methyl sites for hydroxylation is 3. The van der Waals surface area contributed by atoms with E-state index in [-0.39, 0.29) is 5.56 Å². The van der Waals surface area contributed by atoms with Crippen LogP contribution in [0.3, 0.4) is 0 Å². The Morgan fingerprint density at radius 2 is 2.05 bits per heavy atom. The van der Waals surface area contributed by atoms with E-state index in [0.29, 0.717) is 17.3 Å². The number of hydrogen-bond acceptors (Lipinski definition) is 4. The van der Waals surface area contributed by atoms with Crippen LogP contribution in [0.2, 0.25) is 0 Å². The van der Waals surface area contributed by atoms with E-state index >= 15 is 0 Å². The van der Waals surface area contributed by atoms with Crippen LogP contribution in [0.15, 0.2) is 34.4 Å². The highest BCUT2D eigenvalue weighted by atomic mass is 32.1. The number of thiazole rings is 1. The van der Waals surface area contributed by atoms with Crippen molar-refractivity contribution in [3.8, 4) is 5.75 Å². The summed E-state index contributed by atoms with van der Waals surface area (Å²) in [5.74, 6) is 0.824. The molecule has 0 spiro atoms. The minimum Gasteiger partial charge on any atom is -0.487 e. The molecule has 21 heavy (non-hydrogen) atoms. The van der Waals surface area contributed by atoms with E-state index in [1.165, 1.54) is 23.0 Å². The SMILES string of the molecule is Cc1ccc(OCc2cc(=O)n3c(C)csc3n2)c(C)c1. The van der Waals surface area contributed by atoms with Gasteiger partial charge < -0.3 is 4.74 Å². The van der Waals surface area contributed by atoms with E-state index in [0.717, 1.165) is 17.0 Å². The minimum atomic E-state index is -0.0574. The molecule has 4 nitrogen and oxygen atoms in total. The number of hydrogen-bond donors (Lipinski definition) is 0. The van der Waals surface area contributed by atoms with Crippen molar-refractivity contribution >= 4 is 16.3 Å². The Morgan fingerprint density at radius 1 is 1.24 bits per heavy atom. The molecule has 0 radical (unpaired) electrons. The number of rotatable bonds is 3.